The van der Waals surface area contributed by atoms with Crippen LogP contribution in [0.3, 0.4) is 0 Å². The van der Waals surface area contributed by atoms with Crippen molar-refractivity contribution in [2.24, 2.45) is 9.98 Å². The molecule has 2 aromatic heterocycles. The molecule has 1 saturated carbocycles. The predicted molar refractivity (Wildman–Crippen MR) is 89.7 cm³/mol. The van der Waals surface area contributed by atoms with Crippen molar-refractivity contribution < 1.29 is 74.8 Å². The van der Waals surface area contributed by atoms with Crippen LogP contribution in [0.4, 0.5) is 0 Å². The van der Waals surface area contributed by atoms with E-state index in [1.54, 1.807) is 12.4 Å². The zero-order valence-electron chi connectivity index (χ0n) is 16.9. The van der Waals surface area contributed by atoms with Crippen molar-refractivity contribution >= 4 is 12.4 Å². The molecule has 2 aromatic rings. The Balaban J connectivity index is 0.000000790. The number of hydrogen-bond donors (Lipinski definition) is 0. The van der Waals surface area contributed by atoms with Gasteiger partial charge in [0, 0.05) is 24.8 Å². The number of nitrogens with zero attached hydrogens (tertiary/aromatic N) is 4. The quantitative estimate of drug-likeness (QED) is 0.260. The van der Waals surface area contributed by atoms with Crippen molar-refractivity contribution in [2.45, 2.75) is 37.8 Å². The first-order valence-corrected chi connectivity index (χ1v) is 11.5. The number of aromatic nitrogens is 2. The summed E-state index contributed by atoms with van der Waals surface area (Å²) in [6.07, 6.45) is 12.0. The van der Waals surface area contributed by atoms with Gasteiger partial charge in [-0.3, -0.25) is 20.0 Å². The second kappa shape index (κ2) is 16.1. The van der Waals surface area contributed by atoms with E-state index in [1.807, 2.05) is 48.8 Å². The van der Waals surface area contributed by atoms with Gasteiger partial charge >= 0.3 is 17.1 Å². The van der Waals surface area contributed by atoms with Gasteiger partial charge < -0.3 is 0 Å². The number of halogens is 2. The summed E-state index contributed by atoms with van der Waals surface area (Å²) >= 11 is 0. The summed E-state index contributed by atoms with van der Waals surface area (Å²) in [6.45, 7) is 0. The second-order valence-corrected chi connectivity index (χ2v) is 7.75. The summed E-state index contributed by atoms with van der Waals surface area (Å²) in [5.41, 5.74) is 1.81. The van der Waals surface area contributed by atoms with Crippen LogP contribution in [0.2, 0.25) is 0 Å². The van der Waals surface area contributed by atoms with E-state index in [2.05, 4.69) is 9.97 Å². The van der Waals surface area contributed by atoms with Crippen molar-refractivity contribution in [3.8, 4) is 0 Å². The smallest absolute Gasteiger partial charge is 0.285 e. The first-order chi connectivity index (χ1) is 14.9. The summed E-state index contributed by atoms with van der Waals surface area (Å²) in [6, 6.07) is 12.2. The molecule has 0 aliphatic heterocycles. The van der Waals surface area contributed by atoms with Crippen molar-refractivity contribution in [1.29, 1.82) is 0 Å². The monoisotopic (exact) mass is 545 g/mol. The molecule has 0 unspecified atom stereocenters. The molecule has 3 rings (SSSR count). The van der Waals surface area contributed by atoms with E-state index in [9.17, 15) is 0 Å². The Hall–Kier alpha value is -1.58. The Morgan fingerprint density at radius 1 is 0.667 bits per heavy atom. The van der Waals surface area contributed by atoms with E-state index < -0.39 is 20.5 Å². The molecule has 181 valence electrons. The van der Waals surface area contributed by atoms with Crippen LogP contribution in [0.25, 0.3) is 0 Å². The minimum atomic E-state index is -4.94. The van der Waals surface area contributed by atoms with Crippen LogP contribution in [0.1, 0.15) is 37.1 Å². The van der Waals surface area contributed by atoms with Gasteiger partial charge in [0.2, 0.25) is 0 Å². The van der Waals surface area contributed by atoms with Gasteiger partial charge in [-0.25, -0.2) is 37.3 Å². The minimum absolute atomic E-state index is 0. The van der Waals surface area contributed by atoms with Crippen LogP contribution < -0.4 is 37.3 Å². The van der Waals surface area contributed by atoms with Gasteiger partial charge in [0.25, 0.3) is 0 Å². The van der Waals surface area contributed by atoms with Gasteiger partial charge in [0.1, 0.15) is 0 Å². The minimum Gasteiger partial charge on any atom is -0.285 e. The maximum Gasteiger partial charge on any atom is 2.00 e. The molecule has 1 aliphatic carbocycles. The molecular weight excluding hydrogens is 526 g/mol. The van der Waals surface area contributed by atoms with Gasteiger partial charge in [-0.1, -0.05) is 25.0 Å². The van der Waals surface area contributed by atoms with Crippen LogP contribution in [-0.2, 0) is 17.1 Å². The Morgan fingerprint density at radius 3 is 1.27 bits per heavy atom. The fourth-order valence-corrected chi connectivity index (χ4v) is 2.69. The summed E-state index contributed by atoms with van der Waals surface area (Å²) in [5.74, 6) is 0. The molecule has 15 heteroatoms. The normalized spacial score (nSPS) is 18.5. The van der Waals surface area contributed by atoms with E-state index in [0.717, 1.165) is 24.2 Å². The molecule has 2 heterocycles. The molecule has 1 radical (unpaired) electrons. The van der Waals surface area contributed by atoms with Crippen LogP contribution >= 0.6 is 0 Å². The molecular formula is C18H20Cl2MnN4O8. The van der Waals surface area contributed by atoms with Crippen molar-refractivity contribution in [3.63, 3.8) is 0 Å². The number of aliphatic imine (C=N–C) groups is 2. The number of pyridine rings is 2. The average Bonchev–Trinajstić information content (AvgIpc) is 2.70. The van der Waals surface area contributed by atoms with Crippen LogP contribution in [0.5, 0.6) is 0 Å². The van der Waals surface area contributed by atoms with Crippen molar-refractivity contribution in [1.82, 2.24) is 9.97 Å². The van der Waals surface area contributed by atoms with E-state index in [4.69, 9.17) is 47.3 Å². The predicted octanol–water partition coefficient (Wildman–Crippen LogP) is -6.19. The summed E-state index contributed by atoms with van der Waals surface area (Å²) < 4.78 is 67.9. The van der Waals surface area contributed by atoms with Gasteiger partial charge in [-0.15, -0.1) is 20.5 Å². The standard InChI is InChI=1S/C18H20N4.2ClHO4.Mn/c1-2-10-18(22-14-16-8-4-6-12-20-16)17(9-1)21-13-15-7-3-5-11-19-15;2*2-1(3,4)5;/h3-8,11-14,17-18H,1-2,9-10H2;2*(H,2,3,4,5);/q;;;+2/p-2/t17-,18-;;;/m0.../s1. The first kappa shape index (κ1) is 31.4. The summed E-state index contributed by atoms with van der Waals surface area (Å²) in [7, 11) is -9.89. The average molecular weight is 546 g/mol. The van der Waals surface area contributed by atoms with Crippen molar-refractivity contribution in [2.75, 3.05) is 0 Å². The zero-order valence-corrected chi connectivity index (χ0v) is 19.6. The largest absolute Gasteiger partial charge is 2.00 e. The fourth-order valence-electron chi connectivity index (χ4n) is 2.69. The Bertz CT molecular complexity index is 742. The van der Waals surface area contributed by atoms with Gasteiger partial charge in [-0.05, 0) is 37.1 Å². The van der Waals surface area contributed by atoms with Crippen LogP contribution in [0.15, 0.2) is 58.8 Å². The maximum absolute atomic E-state index is 8.49. The SMILES string of the molecule is C(=N[C@H]1CCCC[C@@H]1N=Cc1ccccn1)c1ccccn1.[Mn+2].[O-][Cl+3]([O-])([O-])[O-].[O-][Cl+3]([O-])([O-])[O-]. The van der Waals surface area contributed by atoms with Gasteiger partial charge in [-0.2, -0.15) is 0 Å². The molecule has 33 heavy (non-hydrogen) atoms. The molecule has 2 atom stereocenters. The molecule has 12 nitrogen and oxygen atoms in total. The Kier molecular flexibility index (Phi) is 15.3. The van der Waals surface area contributed by atoms with Crippen LogP contribution in [-0.4, -0.2) is 34.5 Å². The third-order valence-corrected chi connectivity index (χ3v) is 3.87. The topological polar surface area (TPSA) is 235 Å². The summed E-state index contributed by atoms with van der Waals surface area (Å²) in [4.78, 5) is 18.0. The number of hydrogen-bond acceptors (Lipinski definition) is 12. The van der Waals surface area contributed by atoms with Crippen molar-refractivity contribution in [3.05, 3.63) is 60.2 Å². The van der Waals surface area contributed by atoms with E-state index in [0.29, 0.717) is 0 Å². The maximum atomic E-state index is 8.49. The van der Waals surface area contributed by atoms with E-state index in [-0.39, 0.29) is 29.2 Å². The van der Waals surface area contributed by atoms with Crippen LogP contribution in [0, 0.1) is 20.5 Å². The molecule has 0 bridgehead atoms. The number of rotatable bonds is 4. The fraction of sp³-hybridized carbons (Fsp3) is 0.333. The molecule has 0 amide bonds. The first-order valence-electron chi connectivity index (χ1n) is 9.04. The zero-order chi connectivity index (χ0) is 24.0. The van der Waals surface area contributed by atoms with E-state index >= 15 is 0 Å². The molecule has 0 saturated heterocycles. The van der Waals surface area contributed by atoms with E-state index in [1.165, 1.54) is 12.8 Å². The molecule has 1 aliphatic rings. The molecule has 0 aromatic carbocycles. The third-order valence-electron chi connectivity index (χ3n) is 3.87. The molecule has 0 N–H and O–H groups in total. The van der Waals surface area contributed by atoms with Gasteiger partial charge in [0.05, 0.1) is 23.5 Å². The second-order valence-electron chi connectivity index (χ2n) is 6.24. The Labute approximate surface area is 205 Å². The summed E-state index contributed by atoms with van der Waals surface area (Å²) in [5, 5.41) is 0. The Morgan fingerprint density at radius 2 is 1.00 bits per heavy atom. The molecule has 1 fully saturated rings. The van der Waals surface area contributed by atoms with Gasteiger partial charge in [0.15, 0.2) is 0 Å². The molecule has 0 spiro atoms. The third kappa shape index (κ3) is 19.6.